The standard InChI is InChI=1S/C10H13N5O/c1-14-7-8(6-12-14)9(11)10(16)13-15-4-2-3-5-15/h2-7,9H,11H2,1H3,(H,13,16). The highest BCUT2D eigenvalue weighted by Gasteiger charge is 2.17. The number of aromatic nitrogens is 3. The van der Waals surface area contributed by atoms with E-state index in [1.165, 1.54) is 0 Å². The molecule has 0 aromatic carbocycles. The van der Waals surface area contributed by atoms with Crippen LogP contribution >= 0.6 is 0 Å². The van der Waals surface area contributed by atoms with E-state index in [1.807, 2.05) is 12.1 Å². The van der Waals surface area contributed by atoms with Gasteiger partial charge in [-0.05, 0) is 12.1 Å². The first kappa shape index (κ1) is 10.4. The Balaban J connectivity index is 2.05. The Kier molecular flexibility index (Phi) is 2.74. The van der Waals surface area contributed by atoms with E-state index in [0.29, 0.717) is 5.56 Å². The fourth-order valence-electron chi connectivity index (χ4n) is 1.36. The molecule has 0 radical (unpaired) electrons. The molecule has 1 atom stereocenters. The smallest absolute Gasteiger partial charge is 0.260 e. The molecule has 2 heterocycles. The van der Waals surface area contributed by atoms with Crippen LogP contribution in [-0.2, 0) is 11.8 Å². The molecule has 0 saturated heterocycles. The largest absolute Gasteiger partial charge is 0.316 e. The molecule has 84 valence electrons. The van der Waals surface area contributed by atoms with Gasteiger partial charge >= 0.3 is 0 Å². The molecule has 2 aromatic heterocycles. The number of carbonyl (C=O) groups is 1. The Morgan fingerprint density at radius 2 is 2.19 bits per heavy atom. The van der Waals surface area contributed by atoms with Crippen molar-refractivity contribution in [1.82, 2.24) is 14.5 Å². The van der Waals surface area contributed by atoms with Crippen molar-refractivity contribution in [3.63, 3.8) is 0 Å². The molecule has 2 rings (SSSR count). The van der Waals surface area contributed by atoms with E-state index in [9.17, 15) is 4.79 Å². The van der Waals surface area contributed by atoms with Crippen LogP contribution in [-0.4, -0.2) is 20.4 Å². The summed E-state index contributed by atoms with van der Waals surface area (Å²) in [4.78, 5) is 11.7. The van der Waals surface area contributed by atoms with Gasteiger partial charge in [-0.25, -0.2) is 0 Å². The first-order valence-electron chi connectivity index (χ1n) is 4.85. The molecule has 0 spiro atoms. The second-order valence-corrected chi connectivity index (χ2v) is 3.49. The van der Waals surface area contributed by atoms with Gasteiger partial charge in [-0.15, -0.1) is 0 Å². The molecule has 0 saturated carbocycles. The third-order valence-corrected chi connectivity index (χ3v) is 2.21. The number of carbonyl (C=O) groups excluding carboxylic acids is 1. The fraction of sp³-hybridized carbons (Fsp3) is 0.200. The summed E-state index contributed by atoms with van der Waals surface area (Å²) in [5.74, 6) is -0.274. The van der Waals surface area contributed by atoms with E-state index in [2.05, 4.69) is 10.5 Å². The second kappa shape index (κ2) is 4.19. The zero-order valence-corrected chi connectivity index (χ0v) is 8.87. The van der Waals surface area contributed by atoms with Gasteiger partial charge in [0.15, 0.2) is 0 Å². The van der Waals surface area contributed by atoms with Crippen molar-refractivity contribution in [3.8, 4) is 0 Å². The molecule has 0 fully saturated rings. The van der Waals surface area contributed by atoms with Gasteiger partial charge in [-0.3, -0.25) is 19.6 Å². The van der Waals surface area contributed by atoms with Crippen LogP contribution < -0.4 is 11.2 Å². The van der Waals surface area contributed by atoms with E-state index in [1.54, 1.807) is 41.2 Å². The lowest BCUT2D eigenvalue weighted by Gasteiger charge is -2.10. The molecule has 0 aliphatic rings. The van der Waals surface area contributed by atoms with E-state index >= 15 is 0 Å². The van der Waals surface area contributed by atoms with Gasteiger partial charge < -0.3 is 5.73 Å². The number of amides is 1. The summed E-state index contributed by atoms with van der Waals surface area (Å²) in [6, 6.07) is 2.92. The Morgan fingerprint density at radius 3 is 2.75 bits per heavy atom. The minimum atomic E-state index is -0.712. The summed E-state index contributed by atoms with van der Waals surface area (Å²) in [6.45, 7) is 0. The van der Waals surface area contributed by atoms with Crippen molar-refractivity contribution >= 4 is 5.91 Å². The van der Waals surface area contributed by atoms with Gasteiger partial charge in [0, 0.05) is 31.2 Å². The highest BCUT2D eigenvalue weighted by atomic mass is 16.2. The third-order valence-electron chi connectivity index (χ3n) is 2.21. The van der Waals surface area contributed by atoms with Crippen LogP contribution in [0, 0.1) is 0 Å². The number of nitrogens with one attached hydrogen (secondary N) is 1. The van der Waals surface area contributed by atoms with Gasteiger partial charge in [0.25, 0.3) is 5.91 Å². The number of nitrogens with zero attached hydrogens (tertiary/aromatic N) is 3. The van der Waals surface area contributed by atoms with Crippen LogP contribution in [0.4, 0.5) is 0 Å². The van der Waals surface area contributed by atoms with Crippen LogP contribution in [0.25, 0.3) is 0 Å². The van der Waals surface area contributed by atoms with Crippen LogP contribution in [0.5, 0.6) is 0 Å². The van der Waals surface area contributed by atoms with Gasteiger partial charge in [0.1, 0.15) is 6.04 Å². The molecular weight excluding hydrogens is 206 g/mol. The highest BCUT2D eigenvalue weighted by molar-refractivity contribution is 5.89. The van der Waals surface area contributed by atoms with E-state index < -0.39 is 6.04 Å². The lowest BCUT2D eigenvalue weighted by Crippen LogP contribution is -2.32. The van der Waals surface area contributed by atoms with Crippen LogP contribution in [0.3, 0.4) is 0 Å². The molecule has 16 heavy (non-hydrogen) atoms. The van der Waals surface area contributed by atoms with Crippen LogP contribution in [0.2, 0.25) is 0 Å². The van der Waals surface area contributed by atoms with Gasteiger partial charge in [0.2, 0.25) is 0 Å². The molecular formula is C10H13N5O. The van der Waals surface area contributed by atoms with E-state index in [4.69, 9.17) is 5.73 Å². The van der Waals surface area contributed by atoms with Crippen molar-refractivity contribution in [3.05, 3.63) is 42.5 Å². The van der Waals surface area contributed by atoms with Crippen LogP contribution in [0.1, 0.15) is 11.6 Å². The lowest BCUT2D eigenvalue weighted by atomic mass is 10.2. The monoisotopic (exact) mass is 219 g/mol. The predicted molar refractivity (Wildman–Crippen MR) is 58.9 cm³/mol. The number of rotatable bonds is 3. The van der Waals surface area contributed by atoms with E-state index in [0.717, 1.165) is 0 Å². The summed E-state index contributed by atoms with van der Waals surface area (Å²) >= 11 is 0. The molecule has 6 heteroatoms. The normalized spacial score (nSPS) is 12.4. The quantitative estimate of drug-likeness (QED) is 0.762. The first-order chi connectivity index (χ1) is 7.66. The SMILES string of the molecule is Cn1cc(C(N)C(=O)Nn2cccc2)cn1. The zero-order chi connectivity index (χ0) is 11.5. The fourth-order valence-corrected chi connectivity index (χ4v) is 1.36. The van der Waals surface area contributed by atoms with Gasteiger partial charge in [-0.1, -0.05) is 0 Å². The van der Waals surface area contributed by atoms with Gasteiger partial charge in [0.05, 0.1) is 6.20 Å². The Morgan fingerprint density at radius 1 is 1.50 bits per heavy atom. The number of hydrogen-bond donors (Lipinski definition) is 2. The Labute approximate surface area is 92.6 Å². The maximum Gasteiger partial charge on any atom is 0.260 e. The minimum absolute atomic E-state index is 0.274. The molecule has 0 aliphatic carbocycles. The summed E-state index contributed by atoms with van der Waals surface area (Å²) in [5, 5.41) is 3.97. The highest BCUT2D eigenvalue weighted by Crippen LogP contribution is 2.08. The van der Waals surface area contributed by atoms with Crippen molar-refractivity contribution in [2.75, 3.05) is 5.43 Å². The van der Waals surface area contributed by atoms with E-state index in [-0.39, 0.29) is 5.91 Å². The molecule has 1 unspecified atom stereocenters. The number of hydrogen-bond acceptors (Lipinski definition) is 3. The molecule has 0 aliphatic heterocycles. The maximum absolute atomic E-state index is 11.7. The summed E-state index contributed by atoms with van der Waals surface area (Å²) in [5.41, 5.74) is 9.12. The summed E-state index contributed by atoms with van der Waals surface area (Å²) in [7, 11) is 1.78. The topological polar surface area (TPSA) is 77.9 Å². The average molecular weight is 219 g/mol. The van der Waals surface area contributed by atoms with Crippen molar-refractivity contribution < 1.29 is 4.79 Å². The summed E-state index contributed by atoms with van der Waals surface area (Å²) < 4.78 is 3.16. The number of nitrogens with two attached hydrogens (primary N) is 1. The lowest BCUT2D eigenvalue weighted by molar-refractivity contribution is -0.118. The molecule has 6 nitrogen and oxygen atoms in total. The van der Waals surface area contributed by atoms with Gasteiger partial charge in [-0.2, -0.15) is 5.10 Å². The zero-order valence-electron chi connectivity index (χ0n) is 8.87. The van der Waals surface area contributed by atoms with Crippen molar-refractivity contribution in [1.29, 1.82) is 0 Å². The molecule has 2 aromatic rings. The molecule has 3 N–H and O–H groups in total. The Hall–Kier alpha value is -2.08. The van der Waals surface area contributed by atoms with Crippen molar-refractivity contribution in [2.45, 2.75) is 6.04 Å². The van der Waals surface area contributed by atoms with Crippen LogP contribution in [0.15, 0.2) is 36.9 Å². The maximum atomic E-state index is 11.7. The second-order valence-electron chi connectivity index (χ2n) is 3.49. The minimum Gasteiger partial charge on any atom is -0.316 e. The molecule has 1 amide bonds. The average Bonchev–Trinajstić information content (AvgIpc) is 2.88. The first-order valence-corrected chi connectivity index (χ1v) is 4.85. The number of aryl methyl sites for hydroxylation is 1. The van der Waals surface area contributed by atoms with Crippen molar-refractivity contribution in [2.24, 2.45) is 12.8 Å². The Bertz CT molecular complexity index is 473. The third kappa shape index (κ3) is 2.12. The molecule has 0 bridgehead atoms. The summed E-state index contributed by atoms with van der Waals surface area (Å²) in [6.07, 6.45) is 6.77. The predicted octanol–water partition coefficient (Wildman–Crippen LogP) is -0.00830.